The van der Waals surface area contributed by atoms with E-state index in [0.29, 0.717) is 13.0 Å². The highest BCUT2D eigenvalue weighted by Gasteiger charge is 2.16. The van der Waals surface area contributed by atoms with Crippen LogP contribution in [0.2, 0.25) is 0 Å². The zero-order chi connectivity index (χ0) is 9.52. The van der Waals surface area contributed by atoms with Crippen LogP contribution >= 0.6 is 0 Å². The van der Waals surface area contributed by atoms with Gasteiger partial charge in [-0.05, 0) is 6.92 Å². The molecule has 1 heterocycles. The molecule has 0 radical (unpaired) electrons. The molecule has 13 heavy (non-hydrogen) atoms. The van der Waals surface area contributed by atoms with Crippen LogP contribution in [0.1, 0.15) is 13.3 Å². The molecular weight excluding hydrogens is 168 g/mol. The summed E-state index contributed by atoms with van der Waals surface area (Å²) in [5.74, 6) is -0.0513. The van der Waals surface area contributed by atoms with E-state index in [9.17, 15) is 4.79 Å². The highest BCUT2D eigenvalue weighted by atomic mass is 16.5. The fourth-order valence-corrected chi connectivity index (χ4v) is 1.64. The molecule has 0 amide bonds. The molecule has 0 unspecified atom stereocenters. The van der Waals surface area contributed by atoms with E-state index in [-0.39, 0.29) is 5.97 Å². The molecule has 1 saturated heterocycles. The van der Waals surface area contributed by atoms with Gasteiger partial charge in [0.1, 0.15) is 26.2 Å². The van der Waals surface area contributed by atoms with Crippen molar-refractivity contribution in [3.8, 4) is 0 Å². The molecule has 0 aromatic carbocycles. The molecule has 1 rings (SSSR count). The number of piperazine rings is 1. The predicted molar refractivity (Wildman–Crippen MR) is 48.5 cm³/mol. The van der Waals surface area contributed by atoms with Gasteiger partial charge in [0.2, 0.25) is 0 Å². The lowest BCUT2D eigenvalue weighted by atomic mass is 10.3. The van der Waals surface area contributed by atoms with Crippen LogP contribution in [-0.2, 0) is 9.53 Å². The molecule has 4 heteroatoms. The van der Waals surface area contributed by atoms with Crippen molar-refractivity contribution in [2.45, 2.75) is 13.3 Å². The third-order valence-corrected chi connectivity index (χ3v) is 2.39. The summed E-state index contributed by atoms with van der Waals surface area (Å²) in [6, 6.07) is 0. The second-order valence-corrected chi connectivity index (χ2v) is 3.42. The van der Waals surface area contributed by atoms with E-state index in [0.717, 1.165) is 6.54 Å². The summed E-state index contributed by atoms with van der Waals surface area (Å²) in [5.41, 5.74) is 0. The zero-order valence-electron chi connectivity index (χ0n) is 8.34. The Balaban J connectivity index is 2.06. The van der Waals surface area contributed by atoms with Gasteiger partial charge in [-0.1, -0.05) is 0 Å². The number of nitrogens with two attached hydrogens (primary N) is 1. The molecule has 0 aromatic rings. The largest absolute Gasteiger partial charge is 0.466 e. The average Bonchev–Trinajstić information content (AvgIpc) is 2.17. The fraction of sp³-hybridized carbons (Fsp3) is 0.889. The Labute approximate surface area is 79.2 Å². The van der Waals surface area contributed by atoms with Crippen LogP contribution in [0.3, 0.4) is 0 Å². The summed E-state index contributed by atoms with van der Waals surface area (Å²) in [6.45, 7) is 8.03. The first-order valence-electron chi connectivity index (χ1n) is 5.13. The Kier molecular flexibility index (Phi) is 4.78. The smallest absolute Gasteiger partial charge is 0.311 e. The van der Waals surface area contributed by atoms with E-state index >= 15 is 0 Å². The second-order valence-electron chi connectivity index (χ2n) is 3.42. The number of quaternary nitrogens is 2. The van der Waals surface area contributed by atoms with Crippen molar-refractivity contribution >= 4 is 5.97 Å². The van der Waals surface area contributed by atoms with Gasteiger partial charge in [0, 0.05) is 0 Å². The van der Waals surface area contributed by atoms with Crippen LogP contribution in [0.15, 0.2) is 0 Å². The molecule has 0 atom stereocenters. The molecule has 0 aliphatic carbocycles. The first-order valence-corrected chi connectivity index (χ1v) is 5.13. The van der Waals surface area contributed by atoms with Crippen LogP contribution in [0.25, 0.3) is 0 Å². The van der Waals surface area contributed by atoms with Crippen LogP contribution in [0.5, 0.6) is 0 Å². The maximum absolute atomic E-state index is 11.0. The van der Waals surface area contributed by atoms with Crippen molar-refractivity contribution in [1.29, 1.82) is 0 Å². The molecule has 1 fully saturated rings. The minimum absolute atomic E-state index is 0.0513. The molecule has 1 aliphatic heterocycles. The fourth-order valence-electron chi connectivity index (χ4n) is 1.64. The Bertz CT molecular complexity index is 156. The van der Waals surface area contributed by atoms with Crippen molar-refractivity contribution in [2.75, 3.05) is 39.3 Å². The third kappa shape index (κ3) is 4.24. The van der Waals surface area contributed by atoms with E-state index in [1.807, 2.05) is 6.92 Å². The van der Waals surface area contributed by atoms with Gasteiger partial charge in [0.25, 0.3) is 0 Å². The summed E-state index contributed by atoms with van der Waals surface area (Å²) in [4.78, 5) is 12.6. The van der Waals surface area contributed by atoms with Gasteiger partial charge in [0.15, 0.2) is 0 Å². The van der Waals surface area contributed by atoms with E-state index in [2.05, 4.69) is 5.32 Å². The van der Waals surface area contributed by atoms with Crippen LogP contribution in [0, 0.1) is 0 Å². The number of rotatable bonds is 4. The van der Waals surface area contributed by atoms with Gasteiger partial charge in [-0.3, -0.25) is 4.79 Å². The minimum Gasteiger partial charge on any atom is -0.466 e. The number of ether oxygens (including phenoxy) is 1. The second kappa shape index (κ2) is 5.94. The van der Waals surface area contributed by atoms with Crippen molar-refractivity contribution < 1.29 is 19.7 Å². The number of carbonyl (C=O) groups is 1. The summed E-state index contributed by atoms with van der Waals surface area (Å²) >= 11 is 0. The molecule has 0 saturated carbocycles. The zero-order valence-corrected chi connectivity index (χ0v) is 8.34. The average molecular weight is 188 g/mol. The maximum Gasteiger partial charge on any atom is 0.311 e. The van der Waals surface area contributed by atoms with E-state index in [4.69, 9.17) is 4.74 Å². The predicted octanol–water partition coefficient (Wildman–Crippen LogP) is -2.60. The van der Waals surface area contributed by atoms with Crippen molar-refractivity contribution in [3.05, 3.63) is 0 Å². The minimum atomic E-state index is -0.0513. The lowest BCUT2D eigenvalue weighted by Crippen LogP contribution is -3.20. The summed E-state index contributed by atoms with van der Waals surface area (Å²) < 4.78 is 4.87. The standard InChI is InChI=1S/C9H18N2O2/c1-2-13-9(12)3-6-11-7-4-10-5-8-11/h10H,2-8H2,1H3/p+2. The summed E-state index contributed by atoms with van der Waals surface area (Å²) in [6.07, 6.45) is 0.573. The Hall–Kier alpha value is -0.610. The normalized spacial score (nSPS) is 18.5. The molecule has 0 spiro atoms. The van der Waals surface area contributed by atoms with Crippen LogP contribution in [-0.4, -0.2) is 45.3 Å². The Morgan fingerprint density at radius 3 is 2.77 bits per heavy atom. The van der Waals surface area contributed by atoms with E-state index in [1.165, 1.54) is 31.1 Å². The number of esters is 1. The lowest BCUT2D eigenvalue weighted by Gasteiger charge is -2.21. The van der Waals surface area contributed by atoms with Gasteiger partial charge in [-0.2, -0.15) is 0 Å². The maximum atomic E-state index is 11.0. The van der Waals surface area contributed by atoms with Crippen LogP contribution in [0.4, 0.5) is 0 Å². The van der Waals surface area contributed by atoms with Gasteiger partial charge in [-0.25, -0.2) is 0 Å². The topological polar surface area (TPSA) is 47.4 Å². The molecule has 0 aromatic heterocycles. The third-order valence-electron chi connectivity index (χ3n) is 2.39. The van der Waals surface area contributed by atoms with Crippen molar-refractivity contribution in [1.82, 2.24) is 0 Å². The summed E-state index contributed by atoms with van der Waals surface area (Å²) in [7, 11) is 0. The van der Waals surface area contributed by atoms with Gasteiger partial charge in [-0.15, -0.1) is 0 Å². The molecule has 4 nitrogen and oxygen atoms in total. The Morgan fingerprint density at radius 2 is 2.15 bits per heavy atom. The highest BCUT2D eigenvalue weighted by molar-refractivity contribution is 5.69. The molecule has 3 N–H and O–H groups in total. The number of hydrogen-bond donors (Lipinski definition) is 2. The SMILES string of the molecule is CCOC(=O)CC[NH+]1CC[NH2+]CC1. The molecular formula is C9H20N2O2+2. The first-order chi connectivity index (χ1) is 6.33. The van der Waals surface area contributed by atoms with Gasteiger partial charge >= 0.3 is 5.97 Å². The van der Waals surface area contributed by atoms with Gasteiger partial charge < -0.3 is 15.0 Å². The highest BCUT2D eigenvalue weighted by Crippen LogP contribution is 1.81. The number of nitrogens with one attached hydrogen (secondary N) is 1. The van der Waals surface area contributed by atoms with Gasteiger partial charge in [0.05, 0.1) is 19.6 Å². The number of hydrogen-bond acceptors (Lipinski definition) is 2. The quantitative estimate of drug-likeness (QED) is 0.475. The molecule has 1 aliphatic rings. The molecule has 76 valence electrons. The first kappa shape index (κ1) is 10.5. The monoisotopic (exact) mass is 188 g/mol. The van der Waals surface area contributed by atoms with E-state index in [1.54, 1.807) is 0 Å². The van der Waals surface area contributed by atoms with Crippen molar-refractivity contribution in [3.63, 3.8) is 0 Å². The Morgan fingerprint density at radius 1 is 1.46 bits per heavy atom. The number of carbonyl (C=O) groups excluding carboxylic acids is 1. The summed E-state index contributed by atoms with van der Waals surface area (Å²) in [5, 5.41) is 2.33. The van der Waals surface area contributed by atoms with Crippen LogP contribution < -0.4 is 10.2 Å². The van der Waals surface area contributed by atoms with E-state index < -0.39 is 0 Å². The lowest BCUT2D eigenvalue weighted by molar-refractivity contribution is -0.946. The molecule has 0 bridgehead atoms. The van der Waals surface area contributed by atoms with Crippen molar-refractivity contribution in [2.24, 2.45) is 0 Å².